The molecule has 1 rings (SSSR count). The molecule has 0 aliphatic carbocycles. The summed E-state index contributed by atoms with van der Waals surface area (Å²) in [6.45, 7) is 2.07. The number of alkyl halides is 3. The molecule has 0 saturated heterocycles. The first-order valence-electron chi connectivity index (χ1n) is 6.71. The number of carbonyl (C=O) groups excluding carboxylic acids is 1. The molecule has 21 heavy (non-hydrogen) atoms. The summed E-state index contributed by atoms with van der Waals surface area (Å²) in [5, 5.41) is 6.29. The molecule has 1 aromatic rings. The fourth-order valence-corrected chi connectivity index (χ4v) is 2.13. The molecule has 0 heterocycles. The van der Waals surface area contributed by atoms with Crippen molar-refractivity contribution in [1.82, 2.24) is 5.32 Å². The molecule has 118 valence electrons. The zero-order chi connectivity index (χ0) is 15.9. The molecule has 1 aromatic carbocycles. The van der Waals surface area contributed by atoms with Gasteiger partial charge in [-0.2, -0.15) is 0 Å². The highest BCUT2D eigenvalue weighted by Crippen LogP contribution is 2.31. The van der Waals surface area contributed by atoms with E-state index in [-0.39, 0.29) is 5.91 Å². The van der Waals surface area contributed by atoms with E-state index in [9.17, 15) is 4.79 Å². The van der Waals surface area contributed by atoms with Crippen molar-refractivity contribution in [3.05, 3.63) is 29.3 Å². The first-order valence-corrected chi connectivity index (χ1v) is 8.22. The Labute approximate surface area is 145 Å². The minimum Gasteiger partial charge on any atom is -0.362 e. The van der Waals surface area contributed by atoms with Crippen molar-refractivity contribution < 1.29 is 4.79 Å². The van der Waals surface area contributed by atoms with Crippen LogP contribution in [0.1, 0.15) is 32.6 Å². The van der Waals surface area contributed by atoms with Gasteiger partial charge in [0.05, 0.1) is 0 Å². The molecule has 0 aliphatic heterocycles. The lowest BCUT2D eigenvalue weighted by Gasteiger charge is -2.27. The third-order valence-corrected chi connectivity index (χ3v) is 3.70. The van der Waals surface area contributed by atoms with Crippen molar-refractivity contribution in [2.24, 2.45) is 0 Å². The lowest BCUT2D eigenvalue weighted by atomic mass is 10.2. The van der Waals surface area contributed by atoms with Crippen LogP contribution in [-0.4, -0.2) is 15.9 Å². The number of amides is 1. The summed E-state index contributed by atoms with van der Waals surface area (Å²) in [6.07, 6.45) is 2.45. The van der Waals surface area contributed by atoms with E-state index in [0.29, 0.717) is 17.1 Å². The van der Waals surface area contributed by atoms with Crippen LogP contribution in [-0.2, 0) is 4.79 Å². The van der Waals surface area contributed by atoms with Crippen LogP contribution in [0.15, 0.2) is 24.3 Å². The van der Waals surface area contributed by atoms with Gasteiger partial charge in [-0.25, -0.2) is 0 Å². The normalized spacial score (nSPS) is 12.8. The summed E-state index contributed by atoms with van der Waals surface area (Å²) in [7, 11) is 0. The van der Waals surface area contributed by atoms with Gasteiger partial charge >= 0.3 is 0 Å². The van der Waals surface area contributed by atoms with Crippen LogP contribution in [0.5, 0.6) is 0 Å². The Bertz CT molecular complexity index is 445. The van der Waals surface area contributed by atoms with Gasteiger partial charge in [-0.05, 0) is 30.7 Å². The van der Waals surface area contributed by atoms with E-state index >= 15 is 0 Å². The maximum atomic E-state index is 11.9. The van der Waals surface area contributed by atoms with E-state index < -0.39 is 9.96 Å². The van der Waals surface area contributed by atoms with Crippen molar-refractivity contribution in [3.63, 3.8) is 0 Å². The highest BCUT2D eigenvalue weighted by atomic mass is 35.6. The van der Waals surface area contributed by atoms with Gasteiger partial charge in [-0.3, -0.25) is 4.79 Å². The Kier molecular flexibility index (Phi) is 7.96. The van der Waals surface area contributed by atoms with Gasteiger partial charge in [-0.1, -0.05) is 66.2 Å². The minimum absolute atomic E-state index is 0.152. The van der Waals surface area contributed by atoms with Gasteiger partial charge in [-0.15, -0.1) is 0 Å². The van der Waals surface area contributed by atoms with Crippen LogP contribution < -0.4 is 10.6 Å². The Balaban J connectivity index is 2.64. The number of unbranched alkanes of at least 4 members (excludes halogenated alkanes) is 2. The predicted molar refractivity (Wildman–Crippen MR) is 91.4 cm³/mol. The fraction of sp³-hybridized carbons (Fsp3) is 0.500. The monoisotopic (exact) mass is 370 g/mol. The number of rotatable bonds is 7. The van der Waals surface area contributed by atoms with Crippen molar-refractivity contribution in [1.29, 1.82) is 0 Å². The maximum absolute atomic E-state index is 11.9. The molecule has 3 nitrogen and oxygen atoms in total. The number of hydrogen-bond donors (Lipinski definition) is 2. The molecule has 2 N–H and O–H groups in total. The lowest BCUT2D eigenvalue weighted by Crippen LogP contribution is -2.49. The minimum atomic E-state index is -1.67. The first-order chi connectivity index (χ1) is 9.82. The third kappa shape index (κ3) is 7.46. The fourth-order valence-electron chi connectivity index (χ4n) is 1.68. The van der Waals surface area contributed by atoms with Crippen LogP contribution in [0.2, 0.25) is 5.02 Å². The van der Waals surface area contributed by atoms with Crippen LogP contribution in [0.4, 0.5) is 5.69 Å². The van der Waals surface area contributed by atoms with E-state index in [2.05, 4.69) is 17.6 Å². The summed E-state index contributed by atoms with van der Waals surface area (Å²) in [5.74, 6) is -0.152. The second-order valence-electron chi connectivity index (χ2n) is 4.65. The van der Waals surface area contributed by atoms with Gasteiger partial charge in [0.25, 0.3) is 0 Å². The largest absolute Gasteiger partial charge is 0.362 e. The molecule has 1 amide bonds. The Hall–Kier alpha value is -0.350. The summed E-state index contributed by atoms with van der Waals surface area (Å²) >= 11 is 23.6. The molecule has 1 unspecified atom stereocenters. The molecule has 0 fully saturated rings. The van der Waals surface area contributed by atoms with Crippen molar-refractivity contribution in [3.8, 4) is 0 Å². The SMILES string of the molecule is CCCCCC(=O)NC(Nc1ccc(Cl)cc1)C(Cl)(Cl)Cl. The van der Waals surface area contributed by atoms with Gasteiger partial charge in [0, 0.05) is 17.1 Å². The van der Waals surface area contributed by atoms with Crippen molar-refractivity contribution >= 4 is 58.0 Å². The number of halogens is 4. The van der Waals surface area contributed by atoms with E-state index in [1.807, 2.05) is 0 Å². The average molecular weight is 372 g/mol. The molecule has 7 heteroatoms. The summed E-state index contributed by atoms with van der Waals surface area (Å²) < 4.78 is -1.67. The van der Waals surface area contributed by atoms with E-state index in [1.54, 1.807) is 24.3 Å². The Morgan fingerprint density at radius 2 is 1.81 bits per heavy atom. The molecule has 0 saturated carbocycles. The predicted octanol–water partition coefficient (Wildman–Crippen LogP) is 5.14. The van der Waals surface area contributed by atoms with Crippen LogP contribution in [0, 0.1) is 0 Å². The zero-order valence-corrected chi connectivity index (χ0v) is 14.7. The third-order valence-electron chi connectivity index (χ3n) is 2.80. The standard InChI is InChI=1S/C14H18Cl4N2O/c1-2-3-4-5-12(21)20-13(14(16,17)18)19-11-8-6-10(15)7-9-11/h6-9,13,19H,2-5H2,1H3,(H,20,21). The lowest BCUT2D eigenvalue weighted by molar-refractivity contribution is -0.121. The highest BCUT2D eigenvalue weighted by molar-refractivity contribution is 6.68. The quantitative estimate of drug-likeness (QED) is 0.395. The number of hydrogen-bond acceptors (Lipinski definition) is 2. The van der Waals surface area contributed by atoms with Crippen molar-refractivity contribution in [2.45, 2.75) is 42.6 Å². The van der Waals surface area contributed by atoms with Crippen molar-refractivity contribution in [2.75, 3.05) is 5.32 Å². The number of carbonyl (C=O) groups is 1. The van der Waals surface area contributed by atoms with Gasteiger partial charge in [0.1, 0.15) is 6.17 Å². The Morgan fingerprint density at radius 3 is 2.33 bits per heavy atom. The molecule has 0 spiro atoms. The number of anilines is 1. The molecule has 0 aliphatic rings. The molecule has 0 bridgehead atoms. The summed E-state index contributed by atoms with van der Waals surface area (Å²) in [4.78, 5) is 11.9. The molecule has 0 aromatic heterocycles. The van der Waals surface area contributed by atoms with Gasteiger partial charge in [0.15, 0.2) is 0 Å². The second-order valence-corrected chi connectivity index (χ2v) is 7.46. The topological polar surface area (TPSA) is 41.1 Å². The van der Waals surface area contributed by atoms with E-state index in [0.717, 1.165) is 19.3 Å². The summed E-state index contributed by atoms with van der Waals surface area (Å²) in [5.41, 5.74) is 0.699. The molecular formula is C14H18Cl4N2O. The number of nitrogens with one attached hydrogen (secondary N) is 2. The number of benzene rings is 1. The first kappa shape index (κ1) is 18.7. The second kappa shape index (κ2) is 8.94. The van der Waals surface area contributed by atoms with E-state index in [1.165, 1.54) is 0 Å². The van der Waals surface area contributed by atoms with Gasteiger partial charge < -0.3 is 10.6 Å². The molecular weight excluding hydrogens is 354 g/mol. The Morgan fingerprint density at radius 1 is 1.19 bits per heavy atom. The highest BCUT2D eigenvalue weighted by Gasteiger charge is 2.33. The maximum Gasteiger partial charge on any atom is 0.228 e. The molecule has 0 radical (unpaired) electrons. The molecule has 1 atom stereocenters. The average Bonchev–Trinajstić information content (AvgIpc) is 2.40. The zero-order valence-electron chi connectivity index (χ0n) is 11.6. The van der Waals surface area contributed by atoms with Crippen LogP contribution in [0.25, 0.3) is 0 Å². The van der Waals surface area contributed by atoms with Gasteiger partial charge in [0.2, 0.25) is 9.70 Å². The van der Waals surface area contributed by atoms with Crippen LogP contribution in [0.3, 0.4) is 0 Å². The van der Waals surface area contributed by atoms with Crippen LogP contribution >= 0.6 is 46.4 Å². The van der Waals surface area contributed by atoms with E-state index in [4.69, 9.17) is 46.4 Å². The summed E-state index contributed by atoms with van der Waals surface area (Å²) in [6, 6.07) is 6.91. The smallest absolute Gasteiger partial charge is 0.228 e.